The molecule has 3 nitrogen and oxygen atoms in total. The van der Waals surface area contributed by atoms with E-state index < -0.39 is 6.23 Å². The van der Waals surface area contributed by atoms with Crippen molar-refractivity contribution in [3.63, 3.8) is 0 Å². The number of nitrogens with one attached hydrogen (secondary N) is 1. The molecule has 20 heavy (non-hydrogen) atoms. The molecular formula is C16H27FN2O. The first-order chi connectivity index (χ1) is 9.35. The van der Waals surface area contributed by atoms with Gasteiger partial charge in [-0.25, -0.2) is 4.39 Å². The fourth-order valence-electron chi connectivity index (χ4n) is 2.38. The van der Waals surface area contributed by atoms with Crippen LogP contribution in [-0.2, 0) is 0 Å². The van der Waals surface area contributed by atoms with Crippen molar-refractivity contribution >= 4 is 0 Å². The van der Waals surface area contributed by atoms with Crippen molar-refractivity contribution in [2.45, 2.75) is 65.3 Å². The summed E-state index contributed by atoms with van der Waals surface area (Å²) in [4.78, 5) is 0. The van der Waals surface area contributed by atoms with E-state index >= 15 is 0 Å². The lowest BCUT2D eigenvalue weighted by molar-refractivity contribution is 0.118. The minimum absolute atomic E-state index is 0.0348. The van der Waals surface area contributed by atoms with Crippen LogP contribution in [0.5, 0.6) is 0 Å². The average Bonchev–Trinajstić information content (AvgIpc) is 2.33. The standard InChI is InChI=1S/C16H27FN2O/c1-5-6-13(18)9-12(4)19-16(20)14-7-10(2)11(3)8-15(14)17/h7-8,12-13,16,19-20H,5-6,9,18H2,1-4H3/t12-,13?,16?/m1/s1. The Labute approximate surface area is 121 Å². The smallest absolute Gasteiger partial charge is 0.134 e. The van der Waals surface area contributed by atoms with Gasteiger partial charge in [-0.2, -0.15) is 0 Å². The molecule has 4 heteroatoms. The molecule has 0 radical (unpaired) electrons. The molecule has 0 heterocycles. The summed E-state index contributed by atoms with van der Waals surface area (Å²) in [6.07, 6.45) is 1.76. The summed E-state index contributed by atoms with van der Waals surface area (Å²) in [5.41, 5.74) is 8.13. The number of nitrogens with two attached hydrogens (primary N) is 1. The Morgan fingerprint density at radius 3 is 2.50 bits per heavy atom. The molecule has 0 spiro atoms. The van der Waals surface area contributed by atoms with E-state index in [2.05, 4.69) is 12.2 Å². The van der Waals surface area contributed by atoms with Crippen molar-refractivity contribution in [1.29, 1.82) is 0 Å². The molecule has 0 saturated carbocycles. The maximum Gasteiger partial charge on any atom is 0.134 e. The van der Waals surface area contributed by atoms with Gasteiger partial charge in [0.25, 0.3) is 0 Å². The van der Waals surface area contributed by atoms with Gasteiger partial charge < -0.3 is 10.8 Å². The molecule has 0 aliphatic carbocycles. The summed E-state index contributed by atoms with van der Waals surface area (Å²) in [6.45, 7) is 7.81. The number of hydrogen-bond donors (Lipinski definition) is 3. The van der Waals surface area contributed by atoms with Gasteiger partial charge in [0.05, 0.1) is 0 Å². The van der Waals surface area contributed by atoms with Crippen LogP contribution in [0.25, 0.3) is 0 Å². The molecule has 114 valence electrons. The fraction of sp³-hybridized carbons (Fsp3) is 0.625. The van der Waals surface area contributed by atoms with Crippen molar-refractivity contribution in [3.8, 4) is 0 Å². The van der Waals surface area contributed by atoms with E-state index in [4.69, 9.17) is 5.73 Å². The molecule has 0 aliphatic rings. The van der Waals surface area contributed by atoms with E-state index in [0.717, 1.165) is 30.4 Å². The highest BCUT2D eigenvalue weighted by Gasteiger charge is 2.17. The highest BCUT2D eigenvalue weighted by molar-refractivity contribution is 5.32. The van der Waals surface area contributed by atoms with Gasteiger partial charge in [0.1, 0.15) is 12.0 Å². The monoisotopic (exact) mass is 282 g/mol. The van der Waals surface area contributed by atoms with Crippen LogP contribution in [0.3, 0.4) is 0 Å². The van der Waals surface area contributed by atoms with E-state index in [1.165, 1.54) is 6.07 Å². The largest absolute Gasteiger partial charge is 0.374 e. The third kappa shape index (κ3) is 4.85. The summed E-state index contributed by atoms with van der Waals surface area (Å²) < 4.78 is 13.9. The van der Waals surface area contributed by atoms with Crippen LogP contribution in [0.1, 0.15) is 56.0 Å². The zero-order valence-corrected chi connectivity index (χ0v) is 12.9. The van der Waals surface area contributed by atoms with Gasteiger partial charge >= 0.3 is 0 Å². The topological polar surface area (TPSA) is 58.3 Å². The summed E-state index contributed by atoms with van der Waals surface area (Å²) in [6, 6.07) is 3.30. The first-order valence-electron chi connectivity index (χ1n) is 7.31. The minimum atomic E-state index is -1.00. The zero-order valence-electron chi connectivity index (χ0n) is 12.9. The summed E-state index contributed by atoms with van der Waals surface area (Å²) in [5.74, 6) is -0.377. The van der Waals surface area contributed by atoms with Gasteiger partial charge in [0, 0.05) is 17.6 Å². The van der Waals surface area contributed by atoms with E-state index in [-0.39, 0.29) is 17.9 Å². The van der Waals surface area contributed by atoms with Crippen molar-refractivity contribution in [1.82, 2.24) is 5.32 Å². The van der Waals surface area contributed by atoms with Crippen molar-refractivity contribution in [2.24, 2.45) is 5.73 Å². The van der Waals surface area contributed by atoms with Crippen molar-refractivity contribution in [3.05, 3.63) is 34.6 Å². The molecule has 0 aliphatic heterocycles. The number of aliphatic hydroxyl groups excluding tert-OH is 1. The lowest BCUT2D eigenvalue weighted by Crippen LogP contribution is -2.36. The molecule has 1 aromatic carbocycles. The van der Waals surface area contributed by atoms with Gasteiger partial charge in [-0.15, -0.1) is 0 Å². The second-order valence-electron chi connectivity index (χ2n) is 5.71. The third-order valence-corrected chi connectivity index (χ3v) is 3.67. The Kier molecular flexibility index (Phi) is 6.59. The highest BCUT2D eigenvalue weighted by Crippen LogP contribution is 2.20. The Hall–Kier alpha value is -0.970. The SMILES string of the molecule is CCCC(N)C[C@@H](C)NC(O)c1cc(C)c(C)cc1F. The summed E-state index contributed by atoms with van der Waals surface area (Å²) >= 11 is 0. The normalized spacial score (nSPS) is 15.9. The fourth-order valence-corrected chi connectivity index (χ4v) is 2.38. The minimum Gasteiger partial charge on any atom is -0.374 e. The second-order valence-corrected chi connectivity index (χ2v) is 5.71. The van der Waals surface area contributed by atoms with Crippen LogP contribution >= 0.6 is 0 Å². The third-order valence-electron chi connectivity index (χ3n) is 3.67. The van der Waals surface area contributed by atoms with Gasteiger partial charge in [-0.3, -0.25) is 5.32 Å². The van der Waals surface area contributed by atoms with Gasteiger partial charge in [0.15, 0.2) is 0 Å². The zero-order chi connectivity index (χ0) is 15.3. The van der Waals surface area contributed by atoms with Gasteiger partial charge in [0.2, 0.25) is 0 Å². The van der Waals surface area contributed by atoms with Crippen LogP contribution in [0.2, 0.25) is 0 Å². The van der Waals surface area contributed by atoms with E-state index in [9.17, 15) is 9.50 Å². The lowest BCUT2D eigenvalue weighted by Gasteiger charge is -2.23. The van der Waals surface area contributed by atoms with Crippen LogP contribution in [-0.4, -0.2) is 17.2 Å². The predicted octanol–water partition coefficient (Wildman–Crippen LogP) is 2.93. The molecular weight excluding hydrogens is 255 g/mol. The number of aliphatic hydroxyl groups is 1. The molecule has 4 N–H and O–H groups in total. The van der Waals surface area contributed by atoms with E-state index in [1.807, 2.05) is 20.8 Å². The summed E-state index contributed by atoms with van der Waals surface area (Å²) in [7, 11) is 0. The Bertz CT molecular complexity index is 437. The lowest BCUT2D eigenvalue weighted by atomic mass is 10.0. The number of rotatable bonds is 7. The molecule has 0 aromatic heterocycles. The van der Waals surface area contributed by atoms with Gasteiger partial charge in [-0.1, -0.05) is 13.3 Å². The Morgan fingerprint density at radius 2 is 1.90 bits per heavy atom. The Morgan fingerprint density at radius 1 is 1.30 bits per heavy atom. The van der Waals surface area contributed by atoms with Crippen LogP contribution < -0.4 is 11.1 Å². The Balaban J connectivity index is 2.66. The van der Waals surface area contributed by atoms with Crippen LogP contribution in [0.15, 0.2) is 12.1 Å². The molecule has 2 unspecified atom stereocenters. The maximum atomic E-state index is 13.9. The van der Waals surface area contributed by atoms with Crippen LogP contribution in [0.4, 0.5) is 4.39 Å². The first-order valence-corrected chi connectivity index (χ1v) is 7.31. The molecule has 0 fully saturated rings. The average molecular weight is 282 g/mol. The number of hydrogen-bond acceptors (Lipinski definition) is 3. The van der Waals surface area contributed by atoms with Crippen molar-refractivity contribution in [2.75, 3.05) is 0 Å². The molecule has 0 bridgehead atoms. The molecule has 0 amide bonds. The second kappa shape index (κ2) is 7.72. The van der Waals surface area contributed by atoms with E-state index in [1.54, 1.807) is 6.07 Å². The van der Waals surface area contributed by atoms with E-state index in [0.29, 0.717) is 5.56 Å². The van der Waals surface area contributed by atoms with Crippen molar-refractivity contribution < 1.29 is 9.50 Å². The molecule has 1 aromatic rings. The number of benzene rings is 1. The quantitative estimate of drug-likeness (QED) is 0.674. The predicted molar refractivity (Wildman–Crippen MR) is 80.9 cm³/mol. The maximum absolute atomic E-state index is 13.9. The molecule has 3 atom stereocenters. The number of halogens is 1. The van der Waals surface area contributed by atoms with Gasteiger partial charge in [-0.05, 0) is 56.9 Å². The molecule has 1 rings (SSSR count). The molecule has 0 saturated heterocycles. The number of aryl methyl sites for hydroxylation is 2. The summed E-state index contributed by atoms with van der Waals surface area (Å²) in [5, 5.41) is 13.1. The van der Waals surface area contributed by atoms with Crippen LogP contribution in [0, 0.1) is 19.7 Å². The first kappa shape index (κ1) is 17.1. The highest BCUT2D eigenvalue weighted by atomic mass is 19.1.